The molecular weight excluding hydrogens is 254 g/mol. The molecule has 0 aromatic heterocycles. The van der Waals surface area contributed by atoms with Crippen molar-refractivity contribution in [3.05, 3.63) is 76.5 Å². The van der Waals surface area contributed by atoms with Crippen molar-refractivity contribution < 1.29 is 15.2 Å². The molecule has 2 rings (SSSR count). The Hall–Kier alpha value is -2.27. The van der Waals surface area contributed by atoms with Crippen LogP contribution in [0, 0.1) is 12.1 Å². The highest BCUT2D eigenvalue weighted by Crippen LogP contribution is 2.10. The molecule has 0 saturated carbocycles. The summed E-state index contributed by atoms with van der Waals surface area (Å²) in [5.74, 6) is -0.106. The van der Waals surface area contributed by atoms with E-state index in [0.717, 1.165) is 5.56 Å². The van der Waals surface area contributed by atoms with Gasteiger partial charge in [-0.25, -0.2) is 5.21 Å². The first kappa shape index (κ1) is 14.1. The fourth-order valence-corrected chi connectivity index (χ4v) is 1.76. The Balaban J connectivity index is 2.14. The van der Waals surface area contributed by atoms with Crippen LogP contribution in [0.2, 0.25) is 0 Å². The zero-order valence-electron chi connectivity index (χ0n) is 11.0. The molecule has 0 aliphatic carbocycles. The minimum Gasteiger partial charge on any atom is -0.595 e. The number of ketones is 1. The van der Waals surface area contributed by atoms with Crippen LogP contribution in [0.3, 0.4) is 0 Å². The first-order chi connectivity index (χ1) is 9.56. The molecule has 1 atom stereocenters. The molecule has 0 heterocycles. The summed E-state index contributed by atoms with van der Waals surface area (Å²) in [6.45, 7) is 1.96. The van der Waals surface area contributed by atoms with E-state index in [2.05, 4.69) is 0 Å². The third-order valence-electron chi connectivity index (χ3n) is 2.90. The zero-order valence-corrected chi connectivity index (χ0v) is 11.0. The van der Waals surface area contributed by atoms with Crippen molar-refractivity contribution in [3.8, 4) is 0 Å². The fourth-order valence-electron chi connectivity index (χ4n) is 1.76. The van der Waals surface area contributed by atoms with Crippen LogP contribution in [-0.2, 0) is 0 Å². The van der Waals surface area contributed by atoms with Gasteiger partial charge in [0.25, 0.3) is 0 Å². The average Bonchev–Trinajstić information content (AvgIpc) is 2.46. The highest BCUT2D eigenvalue weighted by molar-refractivity contribution is 6.06. The topological polar surface area (TPSA) is 64.8 Å². The van der Waals surface area contributed by atoms with Crippen LogP contribution >= 0.6 is 0 Å². The molecule has 2 aromatic carbocycles. The lowest BCUT2D eigenvalue weighted by Gasteiger charge is -2.11. The molecule has 0 aliphatic rings. The third-order valence-corrected chi connectivity index (χ3v) is 2.90. The van der Waals surface area contributed by atoms with Crippen molar-refractivity contribution in [1.82, 2.24) is 0 Å². The van der Waals surface area contributed by atoms with Gasteiger partial charge in [-0.15, -0.1) is 0 Å². The van der Waals surface area contributed by atoms with Crippen molar-refractivity contribution in [2.45, 2.75) is 6.92 Å². The molecule has 0 radical (unpaired) electrons. The van der Waals surface area contributed by atoms with Gasteiger partial charge in [0.15, 0.2) is 11.5 Å². The summed E-state index contributed by atoms with van der Waals surface area (Å²) in [7, 11) is 0. The monoisotopic (exact) mass is 269 g/mol. The molecule has 0 aliphatic heterocycles. The van der Waals surface area contributed by atoms with Gasteiger partial charge < -0.3 is 5.21 Å². The maximum Gasteiger partial charge on any atom is 0.185 e. The number of allylic oxidation sites excluding steroid dienone is 1. The van der Waals surface area contributed by atoms with Gasteiger partial charge in [-0.05, 0) is 18.6 Å². The van der Waals surface area contributed by atoms with Crippen molar-refractivity contribution in [3.63, 3.8) is 0 Å². The Kier molecular flexibility index (Phi) is 4.42. The molecule has 0 spiro atoms. The van der Waals surface area contributed by atoms with Gasteiger partial charge in [-0.3, -0.25) is 4.79 Å². The highest BCUT2D eigenvalue weighted by Gasteiger charge is 2.02. The lowest BCUT2D eigenvalue weighted by molar-refractivity contribution is -0.991. The summed E-state index contributed by atoms with van der Waals surface area (Å²) in [5, 5.41) is 18.8. The van der Waals surface area contributed by atoms with Gasteiger partial charge in [0.2, 0.25) is 0 Å². The van der Waals surface area contributed by atoms with E-state index in [-0.39, 0.29) is 11.5 Å². The van der Waals surface area contributed by atoms with E-state index in [1.165, 1.54) is 18.2 Å². The van der Waals surface area contributed by atoms with E-state index in [0.29, 0.717) is 11.1 Å². The normalized spacial score (nSPS) is 12.6. The highest BCUT2D eigenvalue weighted by atomic mass is 16.8. The summed E-state index contributed by atoms with van der Waals surface area (Å²) in [6.07, 6.45) is 3.07. The first-order valence-corrected chi connectivity index (χ1v) is 6.19. The van der Waals surface area contributed by atoms with Gasteiger partial charge in [0.1, 0.15) is 0 Å². The first-order valence-electron chi connectivity index (χ1n) is 6.19. The molecule has 2 N–H and O–H groups in total. The van der Waals surface area contributed by atoms with Crippen LogP contribution in [-0.4, -0.2) is 11.0 Å². The Morgan fingerprint density at radius 1 is 1.20 bits per heavy atom. The second-order valence-corrected chi connectivity index (χ2v) is 4.49. The Labute approximate surface area is 117 Å². The molecule has 102 valence electrons. The van der Waals surface area contributed by atoms with Crippen LogP contribution in [0.15, 0.2) is 54.6 Å². The molecular formula is C16H15NO3. The van der Waals surface area contributed by atoms with E-state index in [1.54, 1.807) is 30.3 Å². The van der Waals surface area contributed by atoms with Crippen LogP contribution in [0.5, 0.6) is 0 Å². The third kappa shape index (κ3) is 3.61. The van der Waals surface area contributed by atoms with E-state index in [1.807, 2.05) is 19.1 Å². The standard InChI is InChI=1S/C16H15NO3/c1-12-5-8-14(9-6-12)16(18)10-7-13-3-2-4-15(11-13)17(19)20/h2-11,17,19H,1H3/b10-7+. The summed E-state index contributed by atoms with van der Waals surface area (Å²) in [4.78, 5) is 11.9. The van der Waals surface area contributed by atoms with Crippen molar-refractivity contribution in [2.24, 2.45) is 0 Å². The van der Waals surface area contributed by atoms with Gasteiger partial charge in [-0.1, -0.05) is 48.0 Å². The second kappa shape index (κ2) is 6.25. The minimum absolute atomic E-state index is 0.106. The van der Waals surface area contributed by atoms with E-state index in [9.17, 15) is 10.0 Å². The molecule has 0 fully saturated rings. The molecule has 4 nitrogen and oxygen atoms in total. The van der Waals surface area contributed by atoms with Crippen molar-refractivity contribution in [1.29, 1.82) is 0 Å². The number of benzene rings is 2. The number of hydrogen-bond acceptors (Lipinski definition) is 3. The van der Waals surface area contributed by atoms with Crippen LogP contribution in [0.25, 0.3) is 6.08 Å². The van der Waals surface area contributed by atoms with Crippen molar-refractivity contribution in [2.75, 3.05) is 0 Å². The SMILES string of the molecule is Cc1ccc(C(=O)/C=C/c2cccc([NH+]([O-])O)c2)cc1. The Bertz CT molecular complexity index is 630. The lowest BCUT2D eigenvalue weighted by atomic mass is 10.1. The van der Waals surface area contributed by atoms with Crippen LogP contribution in [0.4, 0.5) is 5.69 Å². The predicted octanol–water partition coefficient (Wildman–Crippen LogP) is 2.29. The maximum absolute atomic E-state index is 11.9. The quantitative estimate of drug-likeness (QED) is 0.508. The van der Waals surface area contributed by atoms with E-state index in [4.69, 9.17) is 5.21 Å². The number of carbonyl (C=O) groups excluding carboxylic acids is 1. The van der Waals surface area contributed by atoms with Gasteiger partial charge in [-0.2, -0.15) is 5.23 Å². The molecule has 4 heteroatoms. The van der Waals surface area contributed by atoms with Crippen molar-refractivity contribution >= 4 is 17.5 Å². The summed E-state index contributed by atoms with van der Waals surface area (Å²) in [6, 6.07) is 13.8. The Morgan fingerprint density at radius 3 is 2.55 bits per heavy atom. The van der Waals surface area contributed by atoms with E-state index < -0.39 is 5.23 Å². The smallest absolute Gasteiger partial charge is 0.185 e. The van der Waals surface area contributed by atoms with Gasteiger partial charge in [0.05, 0.1) is 0 Å². The number of carbonyl (C=O) groups is 1. The number of quaternary nitrogens is 1. The fraction of sp³-hybridized carbons (Fsp3) is 0.0625. The van der Waals surface area contributed by atoms with Gasteiger partial charge >= 0.3 is 0 Å². The summed E-state index contributed by atoms with van der Waals surface area (Å²) >= 11 is 0. The van der Waals surface area contributed by atoms with E-state index >= 15 is 0 Å². The summed E-state index contributed by atoms with van der Waals surface area (Å²) < 4.78 is 0. The lowest BCUT2D eigenvalue weighted by Crippen LogP contribution is -2.99. The minimum atomic E-state index is -0.981. The second-order valence-electron chi connectivity index (χ2n) is 4.49. The van der Waals surface area contributed by atoms with Gasteiger partial charge in [0, 0.05) is 17.7 Å². The number of hydrogen-bond donors (Lipinski definition) is 2. The molecule has 0 bridgehead atoms. The summed E-state index contributed by atoms with van der Waals surface area (Å²) in [5.41, 5.74) is 2.60. The molecule has 20 heavy (non-hydrogen) atoms. The van der Waals surface area contributed by atoms with Crippen LogP contribution < -0.4 is 5.23 Å². The maximum atomic E-state index is 11.9. The largest absolute Gasteiger partial charge is 0.595 e. The van der Waals surface area contributed by atoms with Crippen LogP contribution in [0.1, 0.15) is 21.5 Å². The molecule has 1 unspecified atom stereocenters. The zero-order chi connectivity index (χ0) is 14.5. The number of aryl methyl sites for hydroxylation is 1. The molecule has 0 amide bonds. The predicted molar refractivity (Wildman–Crippen MR) is 76.8 cm³/mol. The molecule has 2 aromatic rings. The molecule has 0 saturated heterocycles. The number of rotatable bonds is 4. The average molecular weight is 269 g/mol. The Morgan fingerprint density at radius 2 is 1.90 bits per heavy atom. The number of nitrogens with one attached hydrogen (secondary N) is 1.